The summed E-state index contributed by atoms with van der Waals surface area (Å²) >= 11 is 1.58. The number of fused-ring (bicyclic) bond motifs is 1. The topological polar surface area (TPSA) is 64.1 Å². The molecule has 1 fully saturated rings. The second kappa shape index (κ2) is 8.13. The van der Waals surface area contributed by atoms with Gasteiger partial charge in [0.05, 0.1) is 16.1 Å². The van der Waals surface area contributed by atoms with E-state index in [0.29, 0.717) is 11.5 Å². The summed E-state index contributed by atoms with van der Waals surface area (Å²) in [6, 6.07) is 9.96. The van der Waals surface area contributed by atoms with Crippen molar-refractivity contribution in [2.24, 2.45) is 5.92 Å². The van der Waals surface area contributed by atoms with Crippen molar-refractivity contribution in [3.63, 3.8) is 0 Å². The van der Waals surface area contributed by atoms with Gasteiger partial charge in [0.1, 0.15) is 0 Å². The number of nitrogens with zero attached hydrogens (tertiary/aromatic N) is 2. The molecule has 2 aromatic heterocycles. The van der Waals surface area contributed by atoms with Gasteiger partial charge in [-0.25, -0.2) is 4.98 Å². The van der Waals surface area contributed by atoms with Gasteiger partial charge in [-0.1, -0.05) is 12.1 Å². The molecule has 152 valence electrons. The van der Waals surface area contributed by atoms with E-state index in [0.717, 1.165) is 71.1 Å². The standard InChI is InChI=1S/C24H23N3O2S/c1-15-24(30-14-27-15)22-19-5-4-18(26-12-16-6-9-29-10-7-16)11-20(19)23(28)21(22)17-3-2-8-25-13-17/h2-5,8,11,13-14,16,26H,6-7,9-10,12H2,1H3. The lowest BCUT2D eigenvalue weighted by Crippen LogP contribution is -2.22. The Balaban J connectivity index is 1.52. The van der Waals surface area contributed by atoms with Crippen molar-refractivity contribution in [3.8, 4) is 0 Å². The number of ether oxygens (including phenoxy) is 1. The molecule has 0 spiro atoms. The molecule has 0 bridgehead atoms. The summed E-state index contributed by atoms with van der Waals surface area (Å²) in [4.78, 5) is 23.2. The van der Waals surface area contributed by atoms with Gasteiger partial charge in [-0.2, -0.15) is 0 Å². The van der Waals surface area contributed by atoms with Crippen LogP contribution in [0.4, 0.5) is 5.69 Å². The minimum atomic E-state index is 0.0514. The molecule has 30 heavy (non-hydrogen) atoms. The largest absolute Gasteiger partial charge is 0.385 e. The highest BCUT2D eigenvalue weighted by Gasteiger charge is 2.33. The SMILES string of the molecule is Cc1ncsc1C1=C(c2cccnc2)C(=O)c2cc(NCC3CCOCC3)ccc21. The fourth-order valence-electron chi connectivity index (χ4n) is 4.22. The lowest BCUT2D eigenvalue weighted by molar-refractivity contribution is 0.0699. The highest BCUT2D eigenvalue weighted by Crippen LogP contribution is 2.44. The smallest absolute Gasteiger partial charge is 0.195 e. The molecule has 1 saturated heterocycles. The molecule has 2 aliphatic rings. The third-order valence-electron chi connectivity index (χ3n) is 5.87. The molecule has 0 amide bonds. The number of rotatable bonds is 5. The minimum absolute atomic E-state index is 0.0514. The Morgan fingerprint density at radius 1 is 1.17 bits per heavy atom. The van der Waals surface area contributed by atoms with E-state index in [1.807, 2.05) is 30.6 Å². The molecule has 1 aliphatic carbocycles. The summed E-state index contributed by atoms with van der Waals surface area (Å²) in [5.41, 5.74) is 8.02. The number of benzene rings is 1. The minimum Gasteiger partial charge on any atom is -0.385 e. The fraction of sp³-hybridized carbons (Fsp3) is 0.292. The van der Waals surface area contributed by atoms with Gasteiger partial charge in [0.25, 0.3) is 0 Å². The number of hydrogen-bond donors (Lipinski definition) is 1. The van der Waals surface area contributed by atoms with Crippen LogP contribution in [0, 0.1) is 12.8 Å². The van der Waals surface area contributed by atoms with E-state index in [1.165, 1.54) is 0 Å². The Morgan fingerprint density at radius 3 is 2.77 bits per heavy atom. The van der Waals surface area contributed by atoms with Crippen LogP contribution in [0.15, 0.2) is 48.2 Å². The normalized spacial score (nSPS) is 16.8. The zero-order valence-electron chi connectivity index (χ0n) is 16.9. The first-order chi connectivity index (χ1) is 14.7. The summed E-state index contributed by atoms with van der Waals surface area (Å²) in [6.45, 7) is 4.57. The Morgan fingerprint density at radius 2 is 2.03 bits per heavy atom. The average Bonchev–Trinajstić information content (AvgIpc) is 3.34. The molecular weight excluding hydrogens is 394 g/mol. The van der Waals surface area contributed by atoms with Crippen molar-refractivity contribution in [3.05, 3.63) is 75.5 Å². The fourth-order valence-corrected chi connectivity index (χ4v) is 5.09. The van der Waals surface area contributed by atoms with Gasteiger partial charge < -0.3 is 10.1 Å². The maximum atomic E-state index is 13.5. The number of anilines is 1. The van der Waals surface area contributed by atoms with Gasteiger partial charge in [-0.05, 0) is 49.4 Å². The van der Waals surface area contributed by atoms with E-state index < -0.39 is 0 Å². The van der Waals surface area contributed by atoms with Gasteiger partial charge in [-0.15, -0.1) is 11.3 Å². The molecule has 5 rings (SSSR count). The quantitative estimate of drug-likeness (QED) is 0.644. The number of aryl methyl sites for hydroxylation is 1. The number of thiazole rings is 1. The first-order valence-corrected chi connectivity index (χ1v) is 11.2. The van der Waals surface area contributed by atoms with E-state index in [1.54, 1.807) is 23.7 Å². The number of nitrogens with one attached hydrogen (secondary N) is 1. The number of aromatic nitrogens is 2. The van der Waals surface area contributed by atoms with Crippen LogP contribution < -0.4 is 5.32 Å². The monoisotopic (exact) mass is 417 g/mol. The van der Waals surface area contributed by atoms with Crippen LogP contribution in [0.1, 0.15) is 44.9 Å². The van der Waals surface area contributed by atoms with Crippen LogP contribution >= 0.6 is 11.3 Å². The maximum absolute atomic E-state index is 13.5. The van der Waals surface area contributed by atoms with Gasteiger partial charge >= 0.3 is 0 Å². The number of carbonyl (C=O) groups is 1. The molecule has 1 aliphatic heterocycles. The van der Waals surface area contributed by atoms with Crippen LogP contribution in [0.5, 0.6) is 0 Å². The predicted octanol–water partition coefficient (Wildman–Crippen LogP) is 4.84. The third-order valence-corrected chi connectivity index (χ3v) is 6.82. The van der Waals surface area contributed by atoms with Gasteiger partial charge in [0, 0.05) is 60.1 Å². The Bertz CT molecular complexity index is 1110. The van der Waals surface area contributed by atoms with E-state index >= 15 is 0 Å². The van der Waals surface area contributed by atoms with Crippen LogP contribution in [0.3, 0.4) is 0 Å². The van der Waals surface area contributed by atoms with Gasteiger partial charge in [0.2, 0.25) is 0 Å². The predicted molar refractivity (Wildman–Crippen MR) is 120 cm³/mol. The van der Waals surface area contributed by atoms with Gasteiger partial charge in [0.15, 0.2) is 5.78 Å². The van der Waals surface area contributed by atoms with E-state index in [4.69, 9.17) is 4.74 Å². The zero-order chi connectivity index (χ0) is 20.5. The summed E-state index contributed by atoms with van der Waals surface area (Å²) < 4.78 is 5.45. The highest BCUT2D eigenvalue weighted by atomic mass is 32.1. The van der Waals surface area contributed by atoms with E-state index in [2.05, 4.69) is 27.4 Å². The third kappa shape index (κ3) is 3.46. The molecule has 5 nitrogen and oxygen atoms in total. The molecule has 0 unspecified atom stereocenters. The van der Waals surface area contributed by atoms with E-state index in [-0.39, 0.29) is 5.78 Å². The van der Waals surface area contributed by atoms with E-state index in [9.17, 15) is 4.79 Å². The molecule has 6 heteroatoms. The molecular formula is C24H23N3O2S. The zero-order valence-corrected chi connectivity index (χ0v) is 17.7. The number of allylic oxidation sites excluding steroid dienone is 1. The second-order valence-corrected chi connectivity index (χ2v) is 8.64. The van der Waals surface area contributed by atoms with Crippen molar-refractivity contribution in [2.45, 2.75) is 19.8 Å². The Kier molecular flexibility index (Phi) is 5.19. The average molecular weight is 418 g/mol. The summed E-state index contributed by atoms with van der Waals surface area (Å²) in [7, 11) is 0. The van der Waals surface area contributed by atoms with Gasteiger partial charge in [-0.3, -0.25) is 9.78 Å². The Hall–Kier alpha value is -2.83. The first-order valence-electron chi connectivity index (χ1n) is 10.3. The molecule has 1 N–H and O–H groups in total. The van der Waals surface area contributed by atoms with Crippen molar-refractivity contribution >= 4 is 34.0 Å². The highest BCUT2D eigenvalue weighted by molar-refractivity contribution is 7.11. The molecule has 0 radical (unpaired) electrons. The Labute approximate surface area is 179 Å². The lowest BCUT2D eigenvalue weighted by Gasteiger charge is -2.22. The molecule has 3 heterocycles. The first kappa shape index (κ1) is 19.2. The maximum Gasteiger partial charge on any atom is 0.195 e. The molecule has 3 aromatic rings. The van der Waals surface area contributed by atoms with Crippen LogP contribution in [0.25, 0.3) is 11.1 Å². The number of carbonyl (C=O) groups excluding carboxylic acids is 1. The second-order valence-electron chi connectivity index (χ2n) is 7.78. The summed E-state index contributed by atoms with van der Waals surface area (Å²) in [5.74, 6) is 0.665. The van der Waals surface area contributed by atoms with Crippen molar-refractivity contribution < 1.29 is 9.53 Å². The van der Waals surface area contributed by atoms with Crippen LogP contribution in [-0.4, -0.2) is 35.5 Å². The van der Waals surface area contributed by atoms with Crippen LogP contribution in [-0.2, 0) is 4.74 Å². The number of Topliss-reactive ketones (excluding diaryl/α,β-unsaturated/α-hetero) is 1. The molecule has 1 aromatic carbocycles. The number of pyridine rings is 1. The number of hydrogen-bond acceptors (Lipinski definition) is 6. The van der Waals surface area contributed by atoms with Crippen molar-refractivity contribution in [1.82, 2.24) is 9.97 Å². The summed E-state index contributed by atoms with van der Waals surface area (Å²) in [5, 5.41) is 3.53. The van der Waals surface area contributed by atoms with Crippen LogP contribution in [0.2, 0.25) is 0 Å². The number of ketones is 1. The molecule has 0 atom stereocenters. The lowest BCUT2D eigenvalue weighted by atomic mass is 9.99. The molecule has 0 saturated carbocycles. The summed E-state index contributed by atoms with van der Waals surface area (Å²) in [6.07, 6.45) is 5.66. The van der Waals surface area contributed by atoms with Crippen molar-refractivity contribution in [2.75, 3.05) is 25.1 Å². The van der Waals surface area contributed by atoms with Crippen molar-refractivity contribution in [1.29, 1.82) is 0 Å².